The average Bonchev–Trinajstić information content (AvgIpc) is 2.76. The molecule has 1 atom stereocenters. The van der Waals surface area contributed by atoms with E-state index >= 15 is 0 Å². The molecule has 2 N–H and O–H groups in total. The van der Waals surface area contributed by atoms with Gasteiger partial charge in [0.05, 0.1) is 0 Å². The highest BCUT2D eigenvalue weighted by Crippen LogP contribution is 2.53. The fraction of sp³-hybridized carbons (Fsp3) is 0.536. The lowest BCUT2D eigenvalue weighted by molar-refractivity contribution is -0.376. The zero-order valence-electron chi connectivity index (χ0n) is 22.1. The molecule has 2 aromatic carbocycles. The monoisotopic (exact) mass is 558 g/mol. The normalized spacial score (nSPS) is 20.1. The minimum atomic E-state index is -5.93. The van der Waals surface area contributed by atoms with Gasteiger partial charge in [0.2, 0.25) is 0 Å². The lowest BCUT2D eigenvalue weighted by Gasteiger charge is -2.68. The molecule has 39 heavy (non-hydrogen) atoms. The summed E-state index contributed by atoms with van der Waals surface area (Å²) < 4.78 is 79.3. The van der Waals surface area contributed by atoms with Crippen molar-refractivity contribution in [2.45, 2.75) is 64.7 Å². The van der Waals surface area contributed by atoms with Crippen molar-refractivity contribution >= 4 is 6.09 Å². The number of nitrogens with zero attached hydrogens (tertiary/aromatic N) is 2. The molecule has 2 aliphatic heterocycles. The van der Waals surface area contributed by atoms with Gasteiger partial charge in [-0.05, 0) is 34.1 Å². The fourth-order valence-corrected chi connectivity index (χ4v) is 6.49. The molecule has 2 fully saturated rings. The predicted octanol–water partition coefficient (Wildman–Crippen LogP) is 6.44. The van der Waals surface area contributed by atoms with E-state index < -0.39 is 29.6 Å². The molecule has 4 rings (SSSR count). The third kappa shape index (κ3) is 4.88. The Bertz CT molecular complexity index is 1210. The number of rotatable bonds is 5. The summed E-state index contributed by atoms with van der Waals surface area (Å²) >= 11 is 0. The molecule has 1 spiro atoms. The van der Waals surface area contributed by atoms with Crippen LogP contribution in [0.4, 0.5) is 31.1 Å². The maximum atomic E-state index is 13.2. The first kappa shape index (κ1) is 29.2. The number of amides is 1. The molecule has 2 aliphatic rings. The van der Waals surface area contributed by atoms with E-state index in [2.05, 4.69) is 4.90 Å². The van der Waals surface area contributed by atoms with Crippen LogP contribution in [0.5, 0.6) is 0 Å². The zero-order chi connectivity index (χ0) is 29.2. The highest BCUT2D eigenvalue weighted by atomic mass is 19.4. The van der Waals surface area contributed by atoms with Crippen molar-refractivity contribution in [3.05, 3.63) is 59.2 Å². The van der Waals surface area contributed by atoms with Gasteiger partial charge in [0.1, 0.15) is 0 Å². The molecule has 5 nitrogen and oxygen atoms in total. The maximum Gasteiger partial charge on any atom is 0.430 e. The second-order valence-corrected chi connectivity index (χ2v) is 11.8. The maximum absolute atomic E-state index is 13.2. The van der Waals surface area contributed by atoms with Crippen LogP contribution in [-0.4, -0.2) is 64.1 Å². The number of carbonyl (C=O) groups is 1. The van der Waals surface area contributed by atoms with E-state index in [0.29, 0.717) is 42.8 Å². The van der Waals surface area contributed by atoms with E-state index in [1.165, 1.54) is 4.90 Å². The van der Waals surface area contributed by atoms with E-state index in [-0.39, 0.29) is 16.9 Å². The minimum Gasteiger partial charge on any atom is -0.465 e. The van der Waals surface area contributed by atoms with E-state index in [1.807, 2.05) is 39.8 Å². The standard InChI is InChI=1S/C28H32F6N2O3/c1-5-18-12-17(13-35-14-25(15-35)16-36(23(37)38)22(25)24(2,3)4)6-11-21(18)19-7-9-20(10-8-19)26(39,27(29,30)31)28(32,33)34/h6-12,22,39H,5,13-16H2,1-4H3,(H,37,38). The molecule has 2 heterocycles. The summed E-state index contributed by atoms with van der Waals surface area (Å²) in [6.07, 6.45) is -12.2. The number of hydrogen-bond acceptors (Lipinski definition) is 3. The summed E-state index contributed by atoms with van der Waals surface area (Å²) in [4.78, 5) is 15.4. The van der Waals surface area contributed by atoms with E-state index in [4.69, 9.17) is 0 Å². The molecule has 0 radical (unpaired) electrons. The Morgan fingerprint density at radius 3 is 1.97 bits per heavy atom. The predicted molar refractivity (Wildman–Crippen MR) is 133 cm³/mol. The van der Waals surface area contributed by atoms with Gasteiger partial charge in [-0.3, -0.25) is 4.90 Å². The highest BCUT2D eigenvalue weighted by molar-refractivity contribution is 5.69. The molecule has 0 bridgehead atoms. The number of benzene rings is 2. The third-order valence-electron chi connectivity index (χ3n) is 7.91. The molecular formula is C28H32F6N2O3. The number of hydrogen-bond donors (Lipinski definition) is 2. The zero-order valence-corrected chi connectivity index (χ0v) is 22.1. The Hall–Kier alpha value is -2.79. The van der Waals surface area contributed by atoms with Crippen LogP contribution in [0.3, 0.4) is 0 Å². The van der Waals surface area contributed by atoms with Crippen LogP contribution >= 0.6 is 0 Å². The minimum absolute atomic E-state index is 0.0670. The van der Waals surface area contributed by atoms with Crippen LogP contribution in [0.2, 0.25) is 0 Å². The van der Waals surface area contributed by atoms with E-state index in [1.54, 1.807) is 6.07 Å². The van der Waals surface area contributed by atoms with Crippen molar-refractivity contribution in [2.75, 3.05) is 19.6 Å². The molecule has 1 unspecified atom stereocenters. The van der Waals surface area contributed by atoms with Gasteiger partial charge >= 0.3 is 18.4 Å². The van der Waals surface area contributed by atoms with Crippen LogP contribution < -0.4 is 0 Å². The van der Waals surface area contributed by atoms with Crippen molar-refractivity contribution in [2.24, 2.45) is 10.8 Å². The highest BCUT2D eigenvalue weighted by Gasteiger charge is 2.71. The van der Waals surface area contributed by atoms with Crippen LogP contribution in [0, 0.1) is 10.8 Å². The summed E-state index contributed by atoms with van der Waals surface area (Å²) in [5.74, 6) is 0. The van der Waals surface area contributed by atoms with Gasteiger partial charge in [0.25, 0.3) is 5.60 Å². The molecule has 214 valence electrons. The average molecular weight is 559 g/mol. The van der Waals surface area contributed by atoms with Gasteiger partial charge in [0.15, 0.2) is 0 Å². The largest absolute Gasteiger partial charge is 0.465 e. The third-order valence-corrected chi connectivity index (χ3v) is 7.91. The number of aliphatic hydroxyl groups is 1. The van der Waals surface area contributed by atoms with Crippen molar-refractivity contribution < 1.29 is 41.4 Å². The quantitative estimate of drug-likeness (QED) is 0.415. The summed E-state index contributed by atoms with van der Waals surface area (Å²) in [5.41, 5.74) is -3.51. The van der Waals surface area contributed by atoms with Gasteiger partial charge in [-0.25, -0.2) is 4.79 Å². The fourth-order valence-electron chi connectivity index (χ4n) is 6.49. The Morgan fingerprint density at radius 2 is 1.51 bits per heavy atom. The number of likely N-dealkylation sites (tertiary alicyclic amines) is 2. The van der Waals surface area contributed by atoms with Crippen LogP contribution in [-0.2, 0) is 18.6 Å². The molecule has 2 saturated heterocycles. The van der Waals surface area contributed by atoms with Gasteiger partial charge in [-0.2, -0.15) is 26.3 Å². The summed E-state index contributed by atoms with van der Waals surface area (Å²) in [6.45, 7) is 10.7. The van der Waals surface area contributed by atoms with Crippen LogP contribution in [0.25, 0.3) is 11.1 Å². The Kier molecular flexibility index (Phi) is 7.04. The summed E-state index contributed by atoms with van der Waals surface area (Å²) in [7, 11) is 0. The van der Waals surface area contributed by atoms with E-state index in [0.717, 1.165) is 36.3 Å². The Morgan fingerprint density at radius 1 is 0.949 bits per heavy atom. The Balaban J connectivity index is 1.50. The number of carboxylic acid groups (broad SMARTS) is 1. The van der Waals surface area contributed by atoms with Gasteiger partial charge < -0.3 is 15.1 Å². The van der Waals surface area contributed by atoms with Gasteiger partial charge in [-0.15, -0.1) is 0 Å². The van der Waals surface area contributed by atoms with Crippen molar-refractivity contribution in [1.82, 2.24) is 9.80 Å². The SMILES string of the molecule is CCc1cc(CN2CC3(C2)CN(C(=O)O)C3C(C)(C)C)ccc1-c1ccc(C(O)(C(F)(F)F)C(F)(F)F)cc1. The smallest absolute Gasteiger partial charge is 0.430 e. The summed E-state index contributed by atoms with van der Waals surface area (Å²) in [5, 5.41) is 19.2. The van der Waals surface area contributed by atoms with Crippen molar-refractivity contribution in [1.29, 1.82) is 0 Å². The molecule has 11 heteroatoms. The summed E-state index contributed by atoms with van der Waals surface area (Å²) in [6, 6.07) is 9.21. The lowest BCUT2D eigenvalue weighted by atomic mass is 9.58. The van der Waals surface area contributed by atoms with Crippen molar-refractivity contribution in [3.63, 3.8) is 0 Å². The molecule has 0 saturated carbocycles. The lowest BCUT2D eigenvalue weighted by Crippen LogP contribution is -2.80. The van der Waals surface area contributed by atoms with Gasteiger partial charge in [-0.1, -0.05) is 70.2 Å². The Labute approximate surface area is 223 Å². The molecule has 1 amide bonds. The first-order valence-electron chi connectivity index (χ1n) is 12.6. The second kappa shape index (κ2) is 9.40. The van der Waals surface area contributed by atoms with Crippen LogP contribution in [0.15, 0.2) is 42.5 Å². The topological polar surface area (TPSA) is 64.0 Å². The first-order valence-corrected chi connectivity index (χ1v) is 12.6. The number of alkyl halides is 6. The van der Waals surface area contributed by atoms with Gasteiger partial charge in [0, 0.05) is 43.2 Å². The molecular weight excluding hydrogens is 526 g/mol. The van der Waals surface area contributed by atoms with Crippen molar-refractivity contribution in [3.8, 4) is 11.1 Å². The number of halogens is 6. The molecule has 2 aromatic rings. The number of aryl methyl sites for hydroxylation is 1. The molecule has 0 aromatic heterocycles. The van der Waals surface area contributed by atoms with Crippen LogP contribution in [0.1, 0.15) is 44.4 Å². The molecule has 0 aliphatic carbocycles. The van der Waals surface area contributed by atoms with E-state index in [9.17, 15) is 41.4 Å². The second-order valence-electron chi connectivity index (χ2n) is 11.8. The first-order chi connectivity index (χ1) is 17.8.